The first-order chi connectivity index (χ1) is 17.9. The van der Waals surface area contributed by atoms with Crippen molar-refractivity contribution in [1.29, 1.82) is 0 Å². The number of H-pyrrole nitrogens is 1. The number of carbonyl (C=O) groups is 2. The van der Waals surface area contributed by atoms with E-state index in [-0.39, 0.29) is 11.5 Å². The first-order valence-electron chi connectivity index (χ1n) is 11.5. The van der Waals surface area contributed by atoms with E-state index in [1.165, 1.54) is 4.90 Å². The molecule has 5 rings (SSSR count). The molecule has 0 aliphatic carbocycles. The molecule has 184 valence electrons. The summed E-state index contributed by atoms with van der Waals surface area (Å²) >= 11 is 0. The van der Waals surface area contributed by atoms with Crippen LogP contribution in [0.3, 0.4) is 0 Å². The molecule has 0 aliphatic heterocycles. The maximum atomic E-state index is 12.2. The molecule has 2 amide bonds. The number of aromatic amines is 1. The van der Waals surface area contributed by atoms with Crippen LogP contribution >= 0.6 is 0 Å². The molecule has 0 saturated carbocycles. The van der Waals surface area contributed by atoms with Crippen molar-refractivity contribution in [3.05, 3.63) is 102 Å². The van der Waals surface area contributed by atoms with Gasteiger partial charge in [0, 0.05) is 42.8 Å². The van der Waals surface area contributed by atoms with Crippen molar-refractivity contribution in [3.8, 4) is 34.4 Å². The Morgan fingerprint density at radius 3 is 2.27 bits per heavy atom. The van der Waals surface area contributed by atoms with Crippen molar-refractivity contribution < 1.29 is 19.1 Å². The number of amides is 2. The minimum absolute atomic E-state index is 0.102. The third-order valence-electron chi connectivity index (χ3n) is 5.73. The molecular weight excluding hydrogens is 468 g/mol. The Balaban J connectivity index is 1.56. The minimum Gasteiger partial charge on any atom is -0.453 e. The molecule has 0 unspecified atom stereocenters. The van der Waals surface area contributed by atoms with Gasteiger partial charge >= 0.3 is 0 Å². The number of aromatic nitrogens is 2. The van der Waals surface area contributed by atoms with E-state index in [0.29, 0.717) is 28.6 Å². The Morgan fingerprint density at radius 1 is 0.838 bits per heavy atom. The smallest absolute Gasteiger partial charge is 0.253 e. The van der Waals surface area contributed by atoms with Gasteiger partial charge in [0.15, 0.2) is 11.5 Å². The molecule has 3 aromatic carbocycles. The largest absolute Gasteiger partial charge is 0.453 e. The Bertz CT molecular complexity index is 1590. The molecule has 0 fully saturated rings. The lowest BCUT2D eigenvalue weighted by Crippen LogP contribution is -2.21. The number of hydrogen-bond acceptors (Lipinski definition) is 5. The second kappa shape index (κ2) is 9.87. The number of nitrogens with zero attached hydrogens (tertiary/aromatic N) is 2. The van der Waals surface area contributed by atoms with E-state index >= 15 is 0 Å². The van der Waals surface area contributed by atoms with Gasteiger partial charge in [0.1, 0.15) is 11.5 Å². The maximum Gasteiger partial charge on any atom is 0.253 e. The van der Waals surface area contributed by atoms with Crippen molar-refractivity contribution >= 4 is 22.7 Å². The lowest BCUT2D eigenvalue weighted by atomic mass is 10.1. The molecule has 0 radical (unpaired) electrons. The highest BCUT2D eigenvalue weighted by Gasteiger charge is 2.17. The van der Waals surface area contributed by atoms with E-state index < -0.39 is 5.91 Å². The first kappa shape index (κ1) is 23.6. The summed E-state index contributed by atoms with van der Waals surface area (Å²) in [6.07, 6.45) is 1.73. The number of pyridine rings is 1. The summed E-state index contributed by atoms with van der Waals surface area (Å²) in [6.45, 7) is 0. The fourth-order valence-corrected chi connectivity index (χ4v) is 3.89. The number of nitrogens with two attached hydrogens (primary N) is 1. The predicted molar refractivity (Wildman–Crippen MR) is 141 cm³/mol. The monoisotopic (exact) mass is 492 g/mol. The molecule has 0 saturated heterocycles. The highest BCUT2D eigenvalue weighted by molar-refractivity contribution is 5.96. The van der Waals surface area contributed by atoms with Gasteiger partial charge in [-0.15, -0.1) is 0 Å². The number of ether oxygens (including phenoxy) is 2. The second-order valence-corrected chi connectivity index (χ2v) is 8.57. The lowest BCUT2D eigenvalue weighted by molar-refractivity contribution is 0.0827. The van der Waals surface area contributed by atoms with E-state index in [4.69, 9.17) is 15.2 Å². The Kier molecular flexibility index (Phi) is 6.30. The van der Waals surface area contributed by atoms with Crippen molar-refractivity contribution in [2.45, 2.75) is 0 Å². The van der Waals surface area contributed by atoms with Gasteiger partial charge in [-0.2, -0.15) is 0 Å². The fourth-order valence-electron chi connectivity index (χ4n) is 3.89. The van der Waals surface area contributed by atoms with Crippen LogP contribution in [0.5, 0.6) is 23.0 Å². The Hall–Kier alpha value is -5.11. The Morgan fingerprint density at radius 2 is 1.57 bits per heavy atom. The van der Waals surface area contributed by atoms with Crippen LogP contribution in [0.4, 0.5) is 0 Å². The average Bonchev–Trinajstić information content (AvgIpc) is 3.32. The predicted octanol–water partition coefficient (Wildman–Crippen LogP) is 5.62. The summed E-state index contributed by atoms with van der Waals surface area (Å²) in [6, 6.07) is 24.9. The van der Waals surface area contributed by atoms with Gasteiger partial charge in [0.2, 0.25) is 0 Å². The molecule has 5 aromatic rings. The summed E-state index contributed by atoms with van der Waals surface area (Å²) in [5, 5.41) is 0.880. The number of carbonyl (C=O) groups excluding carboxylic acids is 2. The normalized spacial score (nSPS) is 10.8. The highest BCUT2D eigenvalue weighted by Crippen LogP contribution is 2.40. The third kappa shape index (κ3) is 4.99. The molecule has 0 atom stereocenters. The number of hydrogen-bond donors (Lipinski definition) is 2. The fraction of sp³-hybridized carbons (Fsp3) is 0.0690. The zero-order valence-corrected chi connectivity index (χ0v) is 20.3. The lowest BCUT2D eigenvalue weighted by Gasteiger charge is -2.15. The van der Waals surface area contributed by atoms with Crippen LogP contribution in [0.25, 0.3) is 22.3 Å². The Labute approximate surface area is 213 Å². The van der Waals surface area contributed by atoms with Crippen LogP contribution in [-0.2, 0) is 0 Å². The molecule has 3 N–H and O–H groups in total. The second-order valence-electron chi connectivity index (χ2n) is 8.57. The van der Waals surface area contributed by atoms with E-state index in [1.54, 1.807) is 74.9 Å². The SMILES string of the molecule is CN(C)C(=O)c1ccc(Oc2cc3cc(-c4ccccn4)[nH]c3cc2Oc2ccccc2C(N)=O)cc1. The minimum atomic E-state index is -0.599. The van der Waals surface area contributed by atoms with E-state index in [0.717, 1.165) is 22.3 Å². The molecule has 8 nitrogen and oxygen atoms in total. The summed E-state index contributed by atoms with van der Waals surface area (Å²) in [5.41, 5.74) is 8.78. The maximum absolute atomic E-state index is 12.2. The van der Waals surface area contributed by atoms with Gasteiger partial charge in [-0.05, 0) is 60.7 Å². The summed E-state index contributed by atoms with van der Waals surface area (Å²) < 4.78 is 12.4. The average molecular weight is 493 g/mol. The van der Waals surface area contributed by atoms with E-state index in [1.807, 2.05) is 30.3 Å². The molecule has 2 heterocycles. The van der Waals surface area contributed by atoms with Gasteiger partial charge in [-0.1, -0.05) is 18.2 Å². The summed E-state index contributed by atoms with van der Waals surface area (Å²) in [4.78, 5) is 33.5. The number of fused-ring (bicyclic) bond motifs is 1. The van der Waals surface area contributed by atoms with Gasteiger partial charge in [0.25, 0.3) is 11.8 Å². The molecule has 37 heavy (non-hydrogen) atoms. The van der Waals surface area contributed by atoms with Crippen LogP contribution in [-0.4, -0.2) is 40.8 Å². The van der Waals surface area contributed by atoms with Crippen LogP contribution < -0.4 is 15.2 Å². The molecule has 0 spiro atoms. The molecule has 0 bridgehead atoms. The van der Waals surface area contributed by atoms with Gasteiger partial charge < -0.3 is 25.1 Å². The summed E-state index contributed by atoms with van der Waals surface area (Å²) in [5.74, 6) is 0.923. The molecule has 2 aromatic heterocycles. The van der Waals surface area contributed by atoms with Gasteiger partial charge in [0.05, 0.1) is 17.0 Å². The number of nitrogens with one attached hydrogen (secondary N) is 1. The van der Waals surface area contributed by atoms with Crippen LogP contribution in [0.15, 0.2) is 91.1 Å². The summed E-state index contributed by atoms with van der Waals surface area (Å²) in [7, 11) is 3.40. The number of primary amides is 1. The van der Waals surface area contributed by atoms with Crippen molar-refractivity contribution in [3.63, 3.8) is 0 Å². The van der Waals surface area contributed by atoms with Crippen molar-refractivity contribution in [2.75, 3.05) is 14.1 Å². The topological polar surface area (TPSA) is 111 Å². The van der Waals surface area contributed by atoms with E-state index in [9.17, 15) is 9.59 Å². The number of para-hydroxylation sites is 1. The van der Waals surface area contributed by atoms with Gasteiger partial charge in [-0.25, -0.2) is 0 Å². The number of rotatable bonds is 7. The first-order valence-corrected chi connectivity index (χ1v) is 11.5. The van der Waals surface area contributed by atoms with Crippen molar-refractivity contribution in [1.82, 2.24) is 14.9 Å². The number of benzene rings is 3. The zero-order valence-electron chi connectivity index (χ0n) is 20.3. The van der Waals surface area contributed by atoms with Crippen LogP contribution in [0.1, 0.15) is 20.7 Å². The van der Waals surface area contributed by atoms with Crippen LogP contribution in [0, 0.1) is 0 Å². The van der Waals surface area contributed by atoms with Crippen molar-refractivity contribution in [2.24, 2.45) is 5.73 Å². The van der Waals surface area contributed by atoms with E-state index in [2.05, 4.69) is 9.97 Å². The molecular formula is C29H24N4O4. The standard InChI is InChI=1S/C29H24N4O4/c1-33(2)29(35)18-10-12-20(13-11-18)36-26-16-19-15-24(22-8-5-6-14-31-22)32-23(19)17-27(26)37-25-9-4-3-7-21(25)28(30)34/h3-17,32H,1-2H3,(H2,30,34). The quantitative estimate of drug-likeness (QED) is 0.307. The van der Waals surface area contributed by atoms with Crippen LogP contribution in [0.2, 0.25) is 0 Å². The zero-order chi connectivity index (χ0) is 25.9. The third-order valence-corrected chi connectivity index (χ3v) is 5.73. The molecule has 0 aliphatic rings. The highest BCUT2D eigenvalue weighted by atomic mass is 16.5. The molecule has 8 heteroatoms. The van der Waals surface area contributed by atoms with Gasteiger partial charge in [-0.3, -0.25) is 14.6 Å².